The summed E-state index contributed by atoms with van der Waals surface area (Å²) in [5.74, 6) is 2.35. The van der Waals surface area contributed by atoms with E-state index < -0.39 is 0 Å². The van der Waals surface area contributed by atoms with E-state index in [0.29, 0.717) is 6.32 Å². The number of aromatic nitrogens is 3. The predicted octanol–water partition coefficient (Wildman–Crippen LogP) is 0.0301. The molecule has 0 saturated heterocycles. The Morgan fingerprint density at radius 3 is 2.50 bits per heavy atom. The van der Waals surface area contributed by atoms with Crippen LogP contribution in [0.3, 0.4) is 0 Å². The molecule has 1 aromatic heterocycles. The Morgan fingerprint density at radius 2 is 1.92 bits per heavy atom. The quantitative estimate of drug-likeness (QED) is 0.582. The van der Waals surface area contributed by atoms with Gasteiger partial charge in [-0.2, -0.15) is 0 Å². The average Bonchev–Trinajstić information content (AvgIpc) is 2.04. The summed E-state index contributed by atoms with van der Waals surface area (Å²) in [6, 6.07) is 0. The zero-order valence-corrected chi connectivity index (χ0v) is 7.41. The van der Waals surface area contributed by atoms with Gasteiger partial charge in [0.1, 0.15) is 17.5 Å². The van der Waals surface area contributed by atoms with E-state index in [9.17, 15) is 0 Å². The molecule has 0 saturated carbocycles. The van der Waals surface area contributed by atoms with Gasteiger partial charge >= 0.3 is 0 Å². The fraction of sp³-hybridized carbons (Fsp3) is 0.571. The van der Waals surface area contributed by atoms with Crippen molar-refractivity contribution in [1.29, 1.82) is 0 Å². The van der Waals surface area contributed by atoms with Gasteiger partial charge in [0.2, 0.25) is 0 Å². The van der Waals surface area contributed by atoms with Crippen molar-refractivity contribution >= 4 is 14.9 Å². The van der Waals surface area contributed by atoms with Crippen LogP contribution >= 0.6 is 0 Å². The van der Waals surface area contributed by atoms with Gasteiger partial charge < -0.3 is 0 Å². The van der Waals surface area contributed by atoms with Gasteiger partial charge in [-0.1, -0.05) is 6.92 Å². The van der Waals surface area contributed by atoms with Crippen LogP contribution in [0, 0.1) is 6.92 Å². The monoisotopic (exact) mass is 158 g/mol. The number of nitrogens with zero attached hydrogens (tertiary/aromatic N) is 3. The van der Waals surface area contributed by atoms with E-state index in [0.717, 1.165) is 23.9 Å². The molecule has 0 atom stereocenters. The second-order valence-corrected chi connectivity index (χ2v) is 2.51. The predicted molar refractivity (Wildman–Crippen MR) is 49.2 cm³/mol. The first kappa shape index (κ1) is 9.23. The zero-order chi connectivity index (χ0) is 8.97. The van der Waals surface area contributed by atoms with Crippen molar-refractivity contribution in [2.75, 3.05) is 0 Å². The molecule has 12 heavy (non-hydrogen) atoms. The maximum Gasteiger partial charge on any atom is 0.132 e. The zero-order valence-electron chi connectivity index (χ0n) is 7.41. The van der Waals surface area contributed by atoms with Crippen LogP contribution in [-0.2, 0) is 12.7 Å². The molecule has 0 N–H and O–H groups in total. The van der Waals surface area contributed by atoms with Crippen molar-refractivity contribution in [3.8, 4) is 0 Å². The normalized spacial score (nSPS) is 9.83. The first-order valence-electron chi connectivity index (χ1n) is 4.00. The Hall–Kier alpha value is -0.860. The molecular formula is C7H10B2N3. The molecular weight excluding hydrogens is 148 g/mol. The summed E-state index contributed by atoms with van der Waals surface area (Å²) in [5.41, 5.74) is 0. The van der Waals surface area contributed by atoms with Gasteiger partial charge in [0.05, 0.1) is 7.17 Å². The number of hydrogen-bond donors (Lipinski definition) is 0. The first-order valence-corrected chi connectivity index (χ1v) is 4.00. The fourth-order valence-electron chi connectivity index (χ4n) is 0.952. The Bertz CT molecular complexity index is 265. The van der Waals surface area contributed by atoms with Crippen LogP contribution in [0.25, 0.3) is 0 Å². The molecule has 3 radical (unpaired) electrons. The molecule has 0 amide bonds. The molecule has 1 aromatic rings. The molecule has 0 aliphatic heterocycles. The summed E-state index contributed by atoms with van der Waals surface area (Å²) < 4.78 is 0. The molecule has 0 aliphatic rings. The van der Waals surface area contributed by atoms with Crippen LogP contribution in [0.2, 0.25) is 0 Å². The molecule has 5 heteroatoms. The van der Waals surface area contributed by atoms with Crippen molar-refractivity contribution in [2.45, 2.75) is 26.6 Å². The third-order valence-electron chi connectivity index (χ3n) is 1.46. The summed E-state index contributed by atoms with van der Waals surface area (Å²) >= 11 is 0. The molecule has 0 spiro atoms. The minimum atomic E-state index is 0.608. The van der Waals surface area contributed by atoms with Crippen LogP contribution < -0.4 is 0 Å². The van der Waals surface area contributed by atoms with Crippen LogP contribution in [0.15, 0.2) is 0 Å². The second-order valence-electron chi connectivity index (χ2n) is 2.51. The van der Waals surface area contributed by atoms with E-state index in [2.05, 4.69) is 15.0 Å². The molecule has 0 fully saturated rings. The van der Waals surface area contributed by atoms with E-state index in [4.69, 9.17) is 7.74 Å². The molecule has 0 aromatic carbocycles. The van der Waals surface area contributed by atoms with Gasteiger partial charge in [0.15, 0.2) is 0 Å². The van der Waals surface area contributed by atoms with E-state index in [1.807, 2.05) is 13.8 Å². The lowest BCUT2D eigenvalue weighted by atomic mass is 9.53. The van der Waals surface area contributed by atoms with Crippen molar-refractivity contribution in [1.82, 2.24) is 15.0 Å². The Morgan fingerprint density at radius 1 is 1.25 bits per heavy atom. The van der Waals surface area contributed by atoms with Crippen LogP contribution in [0.5, 0.6) is 0 Å². The van der Waals surface area contributed by atoms with Crippen molar-refractivity contribution in [2.24, 2.45) is 0 Å². The number of hydrogen-bond acceptors (Lipinski definition) is 3. The molecule has 0 bridgehead atoms. The molecule has 0 aliphatic carbocycles. The Labute approximate surface area is 74.7 Å². The summed E-state index contributed by atoms with van der Waals surface area (Å²) in [6.45, 7) is 3.88. The van der Waals surface area contributed by atoms with E-state index in [1.165, 1.54) is 0 Å². The van der Waals surface area contributed by atoms with Gasteiger partial charge in [-0.05, 0) is 13.2 Å². The van der Waals surface area contributed by atoms with Crippen LogP contribution in [-0.4, -0.2) is 29.9 Å². The third kappa shape index (κ3) is 2.32. The maximum absolute atomic E-state index is 5.28. The SMILES string of the molecule is [B][B]Cc1nc(C)nc(CC)n1. The molecule has 59 valence electrons. The third-order valence-corrected chi connectivity index (χ3v) is 1.46. The van der Waals surface area contributed by atoms with Crippen molar-refractivity contribution in [3.05, 3.63) is 17.5 Å². The van der Waals surface area contributed by atoms with Gasteiger partial charge in [-0.15, -0.1) is 0 Å². The van der Waals surface area contributed by atoms with Crippen molar-refractivity contribution < 1.29 is 0 Å². The summed E-state index contributed by atoms with van der Waals surface area (Å²) in [5, 5.41) is 0. The molecule has 0 unspecified atom stereocenters. The highest BCUT2D eigenvalue weighted by Crippen LogP contribution is 1.96. The summed E-state index contributed by atoms with van der Waals surface area (Å²) in [6.07, 6.45) is 1.44. The largest absolute Gasteiger partial charge is 0.219 e. The minimum Gasteiger partial charge on any atom is -0.219 e. The van der Waals surface area contributed by atoms with E-state index in [-0.39, 0.29) is 0 Å². The van der Waals surface area contributed by atoms with Crippen LogP contribution in [0.4, 0.5) is 0 Å². The average molecular weight is 158 g/mol. The highest BCUT2D eigenvalue weighted by Gasteiger charge is 2.00. The Kier molecular flexibility index (Phi) is 3.26. The molecule has 1 heterocycles. The number of rotatable bonds is 3. The topological polar surface area (TPSA) is 38.7 Å². The van der Waals surface area contributed by atoms with Gasteiger partial charge in [0, 0.05) is 14.2 Å². The van der Waals surface area contributed by atoms with Gasteiger partial charge in [-0.3, -0.25) is 0 Å². The minimum absolute atomic E-state index is 0.608. The van der Waals surface area contributed by atoms with Gasteiger partial charge in [0.25, 0.3) is 0 Å². The maximum atomic E-state index is 5.28. The number of aryl methyl sites for hydroxylation is 2. The summed E-state index contributed by atoms with van der Waals surface area (Å²) in [7, 11) is 6.83. The van der Waals surface area contributed by atoms with Crippen LogP contribution in [0.1, 0.15) is 24.4 Å². The highest BCUT2D eigenvalue weighted by molar-refractivity contribution is 6.88. The lowest BCUT2D eigenvalue weighted by Crippen LogP contribution is -2.08. The van der Waals surface area contributed by atoms with E-state index in [1.54, 1.807) is 7.17 Å². The lowest BCUT2D eigenvalue weighted by molar-refractivity contribution is 0.823. The first-order chi connectivity index (χ1) is 5.76. The summed E-state index contributed by atoms with van der Waals surface area (Å²) in [4.78, 5) is 12.5. The molecule has 3 nitrogen and oxygen atoms in total. The lowest BCUT2D eigenvalue weighted by Gasteiger charge is -2.01. The Balaban J connectivity index is 2.90. The van der Waals surface area contributed by atoms with Crippen molar-refractivity contribution in [3.63, 3.8) is 0 Å². The second kappa shape index (κ2) is 4.24. The van der Waals surface area contributed by atoms with Gasteiger partial charge in [-0.25, -0.2) is 15.0 Å². The standard InChI is InChI=1S/C7H10B2N3/c1-3-6-10-5(2)11-7(12-6)4-9-8/h3-4H2,1-2H3. The highest BCUT2D eigenvalue weighted by atomic mass is 15.0. The fourth-order valence-corrected chi connectivity index (χ4v) is 0.952. The van der Waals surface area contributed by atoms with E-state index >= 15 is 0 Å². The smallest absolute Gasteiger partial charge is 0.132 e. The molecule has 1 rings (SSSR count).